The van der Waals surface area contributed by atoms with Gasteiger partial charge in [0.15, 0.2) is 0 Å². The van der Waals surface area contributed by atoms with Crippen LogP contribution in [-0.2, 0) is 0 Å². The van der Waals surface area contributed by atoms with Crippen molar-refractivity contribution in [3.8, 4) is 0 Å². The van der Waals surface area contributed by atoms with Crippen molar-refractivity contribution >= 4 is 11.8 Å². The molecule has 0 radical (unpaired) electrons. The smallest absolute Gasteiger partial charge is 0.00719 e. The summed E-state index contributed by atoms with van der Waals surface area (Å²) in [6, 6.07) is 10.8. The minimum absolute atomic E-state index is 1.28. The Balaban J connectivity index is 1.72. The van der Waals surface area contributed by atoms with Gasteiger partial charge in [0.05, 0.1) is 0 Å². The standard InChI is InChI=1S/C22H38S/c1-2-3-4-5-6-7-8-9-10-11-12-13-14-18-21-23-22-19-16-15-17-20-22/h15-17,19-20H,2-14,18,21H2,1H3. The van der Waals surface area contributed by atoms with E-state index in [4.69, 9.17) is 0 Å². The summed E-state index contributed by atoms with van der Waals surface area (Å²) in [4.78, 5) is 1.42. The molecule has 0 bridgehead atoms. The maximum absolute atomic E-state index is 2.29. The average molecular weight is 335 g/mol. The fourth-order valence-electron chi connectivity index (χ4n) is 3.00. The summed E-state index contributed by atoms with van der Waals surface area (Å²) in [6.45, 7) is 2.29. The Morgan fingerprint density at radius 1 is 0.565 bits per heavy atom. The normalized spacial score (nSPS) is 11.0. The fourth-order valence-corrected chi connectivity index (χ4v) is 3.94. The Morgan fingerprint density at radius 3 is 1.48 bits per heavy atom. The van der Waals surface area contributed by atoms with Crippen LogP contribution in [0.4, 0.5) is 0 Å². The van der Waals surface area contributed by atoms with E-state index in [1.807, 2.05) is 11.8 Å². The third kappa shape index (κ3) is 13.7. The maximum atomic E-state index is 2.29. The van der Waals surface area contributed by atoms with Crippen LogP contribution in [0.5, 0.6) is 0 Å². The Hall–Kier alpha value is -0.430. The third-order valence-corrected chi connectivity index (χ3v) is 5.61. The van der Waals surface area contributed by atoms with Gasteiger partial charge in [-0.05, 0) is 24.3 Å². The highest BCUT2D eigenvalue weighted by molar-refractivity contribution is 7.99. The molecule has 0 N–H and O–H groups in total. The van der Waals surface area contributed by atoms with Crippen molar-refractivity contribution in [3.05, 3.63) is 30.3 Å². The second-order valence-corrected chi connectivity index (χ2v) is 7.93. The molecular weight excluding hydrogens is 296 g/mol. The molecule has 0 heterocycles. The van der Waals surface area contributed by atoms with Gasteiger partial charge in [0, 0.05) is 4.90 Å². The molecule has 0 nitrogen and oxygen atoms in total. The molecule has 1 aromatic carbocycles. The lowest BCUT2D eigenvalue weighted by Gasteiger charge is -2.03. The molecule has 0 aliphatic carbocycles. The molecule has 0 amide bonds. The Bertz CT molecular complexity index is 333. The van der Waals surface area contributed by atoms with E-state index < -0.39 is 0 Å². The van der Waals surface area contributed by atoms with Gasteiger partial charge in [0.1, 0.15) is 0 Å². The van der Waals surface area contributed by atoms with Gasteiger partial charge in [0.25, 0.3) is 0 Å². The monoisotopic (exact) mass is 334 g/mol. The molecule has 1 heteroatoms. The first kappa shape index (κ1) is 20.6. The molecule has 0 saturated heterocycles. The summed E-state index contributed by atoms with van der Waals surface area (Å²) in [5.41, 5.74) is 0. The summed E-state index contributed by atoms with van der Waals surface area (Å²) in [5.74, 6) is 1.28. The van der Waals surface area contributed by atoms with Gasteiger partial charge in [-0.2, -0.15) is 0 Å². The Kier molecular flexibility index (Phi) is 14.7. The van der Waals surface area contributed by atoms with Crippen molar-refractivity contribution in [2.75, 3.05) is 5.75 Å². The summed E-state index contributed by atoms with van der Waals surface area (Å²) in [6.07, 6.45) is 20.2. The van der Waals surface area contributed by atoms with Crippen molar-refractivity contribution in [3.63, 3.8) is 0 Å². The van der Waals surface area contributed by atoms with E-state index in [0.29, 0.717) is 0 Å². The molecule has 0 saturated carbocycles. The van der Waals surface area contributed by atoms with Crippen molar-refractivity contribution in [1.29, 1.82) is 0 Å². The maximum Gasteiger partial charge on any atom is 0.00719 e. The van der Waals surface area contributed by atoms with Crippen molar-refractivity contribution in [2.45, 2.75) is 102 Å². The van der Waals surface area contributed by atoms with Gasteiger partial charge in [-0.1, -0.05) is 109 Å². The van der Waals surface area contributed by atoms with Crippen molar-refractivity contribution in [1.82, 2.24) is 0 Å². The second-order valence-electron chi connectivity index (χ2n) is 6.76. The molecule has 0 aromatic heterocycles. The highest BCUT2D eigenvalue weighted by Gasteiger charge is 1.95. The second kappa shape index (κ2) is 16.4. The zero-order chi connectivity index (χ0) is 16.4. The van der Waals surface area contributed by atoms with E-state index in [2.05, 4.69) is 37.3 Å². The fraction of sp³-hybridized carbons (Fsp3) is 0.727. The SMILES string of the molecule is CCCCCCCCCCCCCCCCSc1ccccc1. The number of hydrogen-bond acceptors (Lipinski definition) is 1. The van der Waals surface area contributed by atoms with Crippen LogP contribution in [0, 0.1) is 0 Å². The molecule has 0 fully saturated rings. The molecule has 1 rings (SSSR count). The predicted molar refractivity (Wildman–Crippen MR) is 107 cm³/mol. The molecule has 0 aliphatic heterocycles. The number of thioether (sulfide) groups is 1. The zero-order valence-electron chi connectivity index (χ0n) is 15.4. The summed E-state index contributed by atoms with van der Waals surface area (Å²) < 4.78 is 0. The summed E-state index contributed by atoms with van der Waals surface area (Å²) >= 11 is 2.00. The van der Waals surface area contributed by atoms with Crippen LogP contribution in [0.3, 0.4) is 0 Å². The third-order valence-electron chi connectivity index (χ3n) is 4.51. The van der Waals surface area contributed by atoms with Crippen LogP contribution in [0.15, 0.2) is 35.2 Å². The van der Waals surface area contributed by atoms with E-state index in [9.17, 15) is 0 Å². The highest BCUT2D eigenvalue weighted by Crippen LogP contribution is 2.19. The van der Waals surface area contributed by atoms with Crippen LogP contribution >= 0.6 is 11.8 Å². The van der Waals surface area contributed by atoms with E-state index in [1.165, 1.54) is 101 Å². The number of unbranched alkanes of at least 4 members (excludes halogenated alkanes) is 13. The number of rotatable bonds is 16. The molecule has 0 unspecified atom stereocenters. The van der Waals surface area contributed by atoms with Gasteiger partial charge in [-0.15, -0.1) is 11.8 Å². The average Bonchev–Trinajstić information content (AvgIpc) is 2.59. The minimum atomic E-state index is 1.28. The largest absolute Gasteiger partial charge is 0.126 e. The number of benzene rings is 1. The topological polar surface area (TPSA) is 0 Å². The van der Waals surface area contributed by atoms with Crippen LogP contribution in [0.25, 0.3) is 0 Å². The van der Waals surface area contributed by atoms with Crippen LogP contribution in [0.1, 0.15) is 96.8 Å². The van der Waals surface area contributed by atoms with E-state index in [-0.39, 0.29) is 0 Å². The minimum Gasteiger partial charge on any atom is -0.126 e. The van der Waals surface area contributed by atoms with Gasteiger partial charge < -0.3 is 0 Å². The predicted octanol–water partition coefficient (Wildman–Crippen LogP) is 8.26. The van der Waals surface area contributed by atoms with Gasteiger partial charge >= 0.3 is 0 Å². The van der Waals surface area contributed by atoms with Crippen LogP contribution in [0.2, 0.25) is 0 Å². The molecule has 132 valence electrons. The van der Waals surface area contributed by atoms with Crippen LogP contribution in [-0.4, -0.2) is 5.75 Å². The molecule has 1 aromatic rings. The van der Waals surface area contributed by atoms with E-state index in [1.54, 1.807) is 0 Å². The van der Waals surface area contributed by atoms with Gasteiger partial charge in [-0.25, -0.2) is 0 Å². The number of hydrogen-bond donors (Lipinski definition) is 0. The van der Waals surface area contributed by atoms with Gasteiger partial charge in [-0.3, -0.25) is 0 Å². The van der Waals surface area contributed by atoms with E-state index in [0.717, 1.165) is 0 Å². The molecular formula is C22H38S. The zero-order valence-corrected chi connectivity index (χ0v) is 16.2. The summed E-state index contributed by atoms with van der Waals surface area (Å²) in [5, 5.41) is 0. The first-order valence-electron chi connectivity index (χ1n) is 10.1. The van der Waals surface area contributed by atoms with Crippen LogP contribution < -0.4 is 0 Å². The first-order chi connectivity index (χ1) is 11.4. The Morgan fingerprint density at radius 2 is 1.00 bits per heavy atom. The van der Waals surface area contributed by atoms with Crippen molar-refractivity contribution in [2.24, 2.45) is 0 Å². The highest BCUT2D eigenvalue weighted by atomic mass is 32.2. The van der Waals surface area contributed by atoms with Crippen molar-refractivity contribution < 1.29 is 0 Å². The summed E-state index contributed by atoms with van der Waals surface area (Å²) in [7, 11) is 0. The molecule has 23 heavy (non-hydrogen) atoms. The molecule has 0 spiro atoms. The Labute approximate surface area is 149 Å². The lowest BCUT2D eigenvalue weighted by Crippen LogP contribution is -1.84. The van der Waals surface area contributed by atoms with Gasteiger partial charge in [0.2, 0.25) is 0 Å². The van der Waals surface area contributed by atoms with E-state index >= 15 is 0 Å². The molecule has 0 aliphatic rings. The molecule has 0 atom stereocenters. The quantitative estimate of drug-likeness (QED) is 0.216. The first-order valence-corrected chi connectivity index (χ1v) is 11.1. The lowest BCUT2D eigenvalue weighted by atomic mass is 10.0. The lowest BCUT2D eigenvalue weighted by molar-refractivity contribution is 0.538.